The van der Waals surface area contributed by atoms with Crippen LogP contribution in [-0.4, -0.2) is 18.4 Å². The highest BCUT2D eigenvalue weighted by Gasteiger charge is 2.36. The van der Waals surface area contributed by atoms with Crippen molar-refractivity contribution >= 4 is 23.2 Å². The third-order valence-corrected chi connectivity index (χ3v) is 4.49. The number of aryl methyl sites for hydroxylation is 3. The van der Waals surface area contributed by atoms with Gasteiger partial charge in [-0.15, -0.1) is 0 Å². The summed E-state index contributed by atoms with van der Waals surface area (Å²) in [6.45, 7) is 6.41. The second-order valence-electron chi connectivity index (χ2n) is 6.50. The van der Waals surface area contributed by atoms with E-state index in [1.807, 2.05) is 63.2 Å². The summed E-state index contributed by atoms with van der Waals surface area (Å²) in [5.41, 5.74) is 4.92. The maximum absolute atomic E-state index is 12.5. The summed E-state index contributed by atoms with van der Waals surface area (Å²) in [6, 6.07) is 13.7. The Labute approximate surface area is 142 Å². The molecule has 1 atom stereocenters. The highest BCUT2D eigenvalue weighted by atomic mass is 16.2. The lowest BCUT2D eigenvalue weighted by Gasteiger charge is -2.21. The van der Waals surface area contributed by atoms with Crippen LogP contribution in [0.2, 0.25) is 0 Å². The predicted molar refractivity (Wildman–Crippen MR) is 96.2 cm³/mol. The number of nitrogens with one attached hydrogen (secondary N) is 1. The summed E-state index contributed by atoms with van der Waals surface area (Å²) in [7, 11) is 0. The van der Waals surface area contributed by atoms with E-state index in [2.05, 4.69) is 5.32 Å². The van der Waals surface area contributed by atoms with Crippen LogP contribution in [0.25, 0.3) is 0 Å². The van der Waals surface area contributed by atoms with Gasteiger partial charge in [0, 0.05) is 24.3 Å². The standard InChI is InChI=1S/C20H22N2O2/c1-13-6-4-9-17(10-13)21-20(24)16-11-18(23)22(12-16)19-14(2)7-5-8-15(19)3/h4-10,16H,11-12H2,1-3H3,(H,21,24)/t16-/m0/s1. The van der Waals surface area contributed by atoms with Crippen molar-refractivity contribution in [2.24, 2.45) is 5.92 Å². The summed E-state index contributed by atoms with van der Waals surface area (Å²) >= 11 is 0. The van der Waals surface area contributed by atoms with Crippen LogP contribution in [0.4, 0.5) is 11.4 Å². The first-order valence-corrected chi connectivity index (χ1v) is 8.20. The molecular weight excluding hydrogens is 300 g/mol. The van der Waals surface area contributed by atoms with Crippen molar-refractivity contribution in [3.63, 3.8) is 0 Å². The van der Waals surface area contributed by atoms with E-state index in [0.29, 0.717) is 6.54 Å². The van der Waals surface area contributed by atoms with Crippen molar-refractivity contribution < 1.29 is 9.59 Å². The lowest BCUT2D eigenvalue weighted by molar-refractivity contribution is -0.122. The number of para-hydroxylation sites is 1. The van der Waals surface area contributed by atoms with Crippen molar-refractivity contribution in [3.8, 4) is 0 Å². The number of rotatable bonds is 3. The molecule has 0 aliphatic carbocycles. The van der Waals surface area contributed by atoms with E-state index in [1.54, 1.807) is 4.90 Å². The molecule has 4 nitrogen and oxygen atoms in total. The lowest BCUT2D eigenvalue weighted by Crippen LogP contribution is -2.29. The van der Waals surface area contributed by atoms with Gasteiger partial charge in [-0.3, -0.25) is 9.59 Å². The van der Waals surface area contributed by atoms with Crippen molar-refractivity contribution in [2.75, 3.05) is 16.8 Å². The first kappa shape index (κ1) is 16.2. The Morgan fingerprint density at radius 3 is 2.42 bits per heavy atom. The molecule has 0 unspecified atom stereocenters. The Morgan fingerprint density at radius 2 is 1.75 bits per heavy atom. The summed E-state index contributed by atoms with van der Waals surface area (Å²) in [4.78, 5) is 26.7. The van der Waals surface area contributed by atoms with Gasteiger partial charge in [0.25, 0.3) is 0 Å². The van der Waals surface area contributed by atoms with Gasteiger partial charge in [0.1, 0.15) is 0 Å². The van der Waals surface area contributed by atoms with Gasteiger partial charge in [-0.2, -0.15) is 0 Å². The zero-order valence-corrected chi connectivity index (χ0v) is 14.3. The molecule has 2 amide bonds. The molecule has 3 rings (SSSR count). The van der Waals surface area contributed by atoms with Crippen LogP contribution >= 0.6 is 0 Å². The van der Waals surface area contributed by atoms with Crippen LogP contribution in [-0.2, 0) is 9.59 Å². The van der Waals surface area contributed by atoms with Crippen molar-refractivity contribution in [1.82, 2.24) is 0 Å². The van der Waals surface area contributed by atoms with E-state index in [1.165, 1.54) is 0 Å². The Hall–Kier alpha value is -2.62. The van der Waals surface area contributed by atoms with E-state index in [0.717, 1.165) is 28.1 Å². The summed E-state index contributed by atoms with van der Waals surface area (Å²) in [5, 5.41) is 2.93. The zero-order chi connectivity index (χ0) is 17.3. The van der Waals surface area contributed by atoms with Gasteiger partial charge < -0.3 is 10.2 Å². The average Bonchev–Trinajstić information content (AvgIpc) is 2.89. The van der Waals surface area contributed by atoms with Crippen LogP contribution in [0.15, 0.2) is 42.5 Å². The number of amides is 2. The van der Waals surface area contributed by atoms with Crippen LogP contribution in [0.1, 0.15) is 23.1 Å². The number of nitrogens with zero attached hydrogens (tertiary/aromatic N) is 1. The van der Waals surface area contributed by atoms with E-state index in [-0.39, 0.29) is 24.2 Å². The minimum atomic E-state index is -0.322. The normalized spacial score (nSPS) is 17.2. The van der Waals surface area contributed by atoms with Crippen molar-refractivity contribution in [2.45, 2.75) is 27.2 Å². The van der Waals surface area contributed by atoms with Crippen LogP contribution in [0.3, 0.4) is 0 Å². The Balaban J connectivity index is 1.76. The Morgan fingerprint density at radius 1 is 1.08 bits per heavy atom. The fourth-order valence-electron chi connectivity index (χ4n) is 3.30. The maximum Gasteiger partial charge on any atom is 0.229 e. The minimum absolute atomic E-state index is 0.0109. The molecule has 1 fully saturated rings. The van der Waals surface area contributed by atoms with Gasteiger partial charge >= 0.3 is 0 Å². The number of anilines is 2. The van der Waals surface area contributed by atoms with E-state index in [9.17, 15) is 9.59 Å². The quantitative estimate of drug-likeness (QED) is 0.938. The SMILES string of the molecule is Cc1cccc(NC(=O)[C@H]2CC(=O)N(c3c(C)cccc3C)C2)c1. The smallest absolute Gasteiger partial charge is 0.229 e. The zero-order valence-electron chi connectivity index (χ0n) is 14.3. The van der Waals surface area contributed by atoms with E-state index >= 15 is 0 Å². The monoisotopic (exact) mass is 322 g/mol. The highest BCUT2D eigenvalue weighted by molar-refractivity contribution is 6.04. The van der Waals surface area contributed by atoms with Crippen LogP contribution in [0.5, 0.6) is 0 Å². The number of hydrogen-bond donors (Lipinski definition) is 1. The Kier molecular flexibility index (Phi) is 4.38. The first-order valence-electron chi connectivity index (χ1n) is 8.20. The largest absolute Gasteiger partial charge is 0.326 e. The molecule has 1 aliphatic rings. The second-order valence-corrected chi connectivity index (χ2v) is 6.50. The van der Waals surface area contributed by atoms with Crippen LogP contribution < -0.4 is 10.2 Å². The van der Waals surface area contributed by atoms with Crippen molar-refractivity contribution in [1.29, 1.82) is 0 Å². The fourth-order valence-corrected chi connectivity index (χ4v) is 3.30. The van der Waals surface area contributed by atoms with E-state index < -0.39 is 0 Å². The molecule has 1 saturated heterocycles. The Bertz CT molecular complexity index is 778. The first-order chi connectivity index (χ1) is 11.5. The molecule has 4 heteroatoms. The topological polar surface area (TPSA) is 49.4 Å². The highest BCUT2D eigenvalue weighted by Crippen LogP contribution is 2.31. The van der Waals surface area contributed by atoms with Crippen LogP contribution in [0, 0.1) is 26.7 Å². The van der Waals surface area contributed by atoms with Gasteiger partial charge in [-0.05, 0) is 49.6 Å². The molecule has 0 radical (unpaired) electrons. The molecule has 2 aromatic carbocycles. The predicted octanol–water partition coefficient (Wildman–Crippen LogP) is 3.60. The summed E-state index contributed by atoms with van der Waals surface area (Å²) in [5.74, 6) is -0.406. The molecule has 0 bridgehead atoms. The maximum atomic E-state index is 12.5. The second kappa shape index (κ2) is 6.48. The number of carbonyl (C=O) groups is 2. The number of benzene rings is 2. The molecular formula is C20H22N2O2. The number of hydrogen-bond acceptors (Lipinski definition) is 2. The molecule has 0 saturated carbocycles. The third kappa shape index (κ3) is 3.18. The fraction of sp³-hybridized carbons (Fsp3) is 0.300. The summed E-state index contributed by atoms with van der Waals surface area (Å²) < 4.78 is 0. The van der Waals surface area contributed by atoms with Gasteiger partial charge in [0.2, 0.25) is 11.8 Å². The van der Waals surface area contributed by atoms with Gasteiger partial charge in [-0.25, -0.2) is 0 Å². The summed E-state index contributed by atoms with van der Waals surface area (Å²) in [6.07, 6.45) is 0.255. The molecule has 0 aromatic heterocycles. The molecule has 0 spiro atoms. The van der Waals surface area contributed by atoms with Gasteiger partial charge in [-0.1, -0.05) is 30.3 Å². The average molecular weight is 322 g/mol. The number of carbonyl (C=O) groups excluding carboxylic acids is 2. The minimum Gasteiger partial charge on any atom is -0.326 e. The van der Waals surface area contributed by atoms with Crippen molar-refractivity contribution in [3.05, 3.63) is 59.2 Å². The third-order valence-electron chi connectivity index (χ3n) is 4.49. The lowest BCUT2D eigenvalue weighted by atomic mass is 10.1. The molecule has 24 heavy (non-hydrogen) atoms. The molecule has 2 aromatic rings. The molecule has 1 N–H and O–H groups in total. The molecule has 1 aliphatic heterocycles. The molecule has 124 valence electrons. The van der Waals surface area contributed by atoms with E-state index in [4.69, 9.17) is 0 Å². The molecule has 1 heterocycles. The van der Waals surface area contributed by atoms with Gasteiger partial charge in [0.05, 0.1) is 5.92 Å². The van der Waals surface area contributed by atoms with Gasteiger partial charge in [0.15, 0.2) is 0 Å².